The van der Waals surface area contributed by atoms with Crippen LogP contribution in [0.4, 0.5) is 0 Å². The number of hydrogen-bond acceptors (Lipinski definition) is 0. The van der Waals surface area contributed by atoms with Crippen LogP contribution in [0.1, 0.15) is 65.2 Å². The van der Waals surface area contributed by atoms with Gasteiger partial charge in [0.05, 0.1) is 0 Å². The van der Waals surface area contributed by atoms with Gasteiger partial charge in [0.1, 0.15) is 0 Å². The van der Waals surface area contributed by atoms with E-state index in [0.29, 0.717) is 0 Å². The van der Waals surface area contributed by atoms with Gasteiger partial charge in [0.25, 0.3) is 0 Å². The molecule has 0 spiro atoms. The Morgan fingerprint density at radius 2 is 1.00 bits per heavy atom. The first-order valence-electron chi connectivity index (χ1n) is 9.98. The maximum absolute atomic E-state index is 4.70. The van der Waals surface area contributed by atoms with Gasteiger partial charge in [-0.3, -0.25) is 0 Å². The lowest BCUT2D eigenvalue weighted by molar-refractivity contribution is -0.0221. The highest BCUT2D eigenvalue weighted by atomic mass is 14.6. The van der Waals surface area contributed by atoms with Gasteiger partial charge in [-0.05, 0) is 73.0 Å². The molecule has 0 saturated heterocycles. The molecular formula is C22H34. The molecule has 4 aliphatic carbocycles. The third kappa shape index (κ3) is 2.01. The summed E-state index contributed by atoms with van der Waals surface area (Å²) in [6.07, 6.45) is 11.5. The molecular weight excluding hydrogens is 264 g/mol. The van der Waals surface area contributed by atoms with Crippen LogP contribution in [0, 0.1) is 47.3 Å². The number of hydrogen-bond donors (Lipinski definition) is 0. The maximum Gasteiger partial charge on any atom is -0.0106 e. The molecule has 0 aromatic carbocycles. The van der Waals surface area contributed by atoms with Crippen molar-refractivity contribution in [3.05, 3.63) is 24.3 Å². The second kappa shape index (κ2) is 5.53. The molecule has 0 N–H and O–H groups in total. The normalized spacial score (nSPS) is 51.7. The van der Waals surface area contributed by atoms with Gasteiger partial charge in [-0.1, -0.05) is 63.8 Å². The number of fused-ring (bicyclic) bond motifs is 3. The highest BCUT2D eigenvalue weighted by Gasteiger charge is 2.54. The summed E-state index contributed by atoms with van der Waals surface area (Å²) in [5.41, 5.74) is 3.29. The minimum Gasteiger partial charge on any atom is -0.0992 e. The molecule has 22 heavy (non-hydrogen) atoms. The van der Waals surface area contributed by atoms with Crippen molar-refractivity contribution >= 4 is 0 Å². The van der Waals surface area contributed by atoms with E-state index in [0.717, 1.165) is 47.3 Å². The Labute approximate surface area is 137 Å². The van der Waals surface area contributed by atoms with Crippen LogP contribution < -0.4 is 0 Å². The van der Waals surface area contributed by atoms with Crippen molar-refractivity contribution < 1.29 is 0 Å². The van der Waals surface area contributed by atoms with E-state index in [1.54, 1.807) is 11.1 Å². The second-order valence-corrected chi connectivity index (χ2v) is 9.03. The average molecular weight is 299 g/mol. The molecule has 8 unspecified atom stereocenters. The zero-order valence-electron chi connectivity index (χ0n) is 14.7. The summed E-state index contributed by atoms with van der Waals surface area (Å²) >= 11 is 0. The Morgan fingerprint density at radius 1 is 0.636 bits per heavy atom. The van der Waals surface area contributed by atoms with Crippen LogP contribution in [-0.4, -0.2) is 0 Å². The van der Waals surface area contributed by atoms with Crippen LogP contribution >= 0.6 is 0 Å². The first-order valence-corrected chi connectivity index (χ1v) is 9.98. The summed E-state index contributed by atoms with van der Waals surface area (Å²) < 4.78 is 0. The summed E-state index contributed by atoms with van der Waals surface area (Å²) in [5, 5.41) is 0. The molecule has 0 nitrogen and oxygen atoms in total. The van der Waals surface area contributed by atoms with Crippen molar-refractivity contribution in [1.29, 1.82) is 0 Å². The van der Waals surface area contributed by atoms with Gasteiger partial charge < -0.3 is 0 Å². The molecule has 4 saturated carbocycles. The van der Waals surface area contributed by atoms with E-state index < -0.39 is 0 Å². The first-order chi connectivity index (χ1) is 10.6. The van der Waals surface area contributed by atoms with E-state index >= 15 is 0 Å². The van der Waals surface area contributed by atoms with Gasteiger partial charge >= 0.3 is 0 Å². The van der Waals surface area contributed by atoms with E-state index in [1.165, 1.54) is 51.4 Å². The molecule has 0 radical (unpaired) electrons. The lowest BCUT2D eigenvalue weighted by Crippen LogP contribution is -2.51. The highest BCUT2D eigenvalue weighted by molar-refractivity contribution is 5.30. The summed E-state index contributed by atoms with van der Waals surface area (Å²) in [6, 6.07) is 0. The maximum atomic E-state index is 4.70. The van der Waals surface area contributed by atoms with Crippen LogP contribution in [0.3, 0.4) is 0 Å². The topological polar surface area (TPSA) is 0 Å². The van der Waals surface area contributed by atoms with Crippen LogP contribution in [-0.2, 0) is 0 Å². The lowest BCUT2D eigenvalue weighted by Gasteiger charge is -2.59. The molecule has 122 valence electrons. The Hall–Kier alpha value is -0.520. The number of allylic oxidation sites excluding steroid dienone is 2. The van der Waals surface area contributed by atoms with Crippen molar-refractivity contribution in [1.82, 2.24) is 0 Å². The quantitative estimate of drug-likeness (QED) is 0.464. The monoisotopic (exact) mass is 298 g/mol. The summed E-state index contributed by atoms with van der Waals surface area (Å²) in [6.45, 7) is 14.5. The lowest BCUT2D eigenvalue weighted by atomic mass is 9.46. The van der Waals surface area contributed by atoms with E-state index in [4.69, 9.17) is 13.2 Å². The third-order valence-corrected chi connectivity index (χ3v) is 8.32. The molecule has 0 heteroatoms. The van der Waals surface area contributed by atoms with E-state index in [9.17, 15) is 0 Å². The highest BCUT2D eigenvalue weighted by Crippen LogP contribution is 2.61. The molecule has 0 aromatic rings. The summed E-state index contributed by atoms with van der Waals surface area (Å²) in [5.74, 6) is 6.68. The van der Waals surface area contributed by atoms with Crippen molar-refractivity contribution in [3.8, 4) is 0 Å². The fraction of sp³-hybridized carbons (Fsp3) is 0.818. The third-order valence-electron chi connectivity index (χ3n) is 8.32. The zero-order chi connectivity index (χ0) is 15.4. The van der Waals surface area contributed by atoms with Crippen LogP contribution in [0.2, 0.25) is 0 Å². The fourth-order valence-corrected chi connectivity index (χ4v) is 7.33. The molecule has 0 aromatic heterocycles. The molecule has 4 aliphatic rings. The van der Waals surface area contributed by atoms with Crippen molar-refractivity contribution in [3.63, 3.8) is 0 Å². The first kappa shape index (κ1) is 15.0. The van der Waals surface area contributed by atoms with Gasteiger partial charge in [-0.25, -0.2) is 0 Å². The molecule has 0 heterocycles. The van der Waals surface area contributed by atoms with Crippen LogP contribution in [0.15, 0.2) is 24.3 Å². The van der Waals surface area contributed by atoms with Crippen molar-refractivity contribution in [2.24, 2.45) is 47.3 Å². The summed E-state index contributed by atoms with van der Waals surface area (Å²) in [7, 11) is 0. The Kier molecular flexibility index (Phi) is 3.78. The Morgan fingerprint density at radius 3 is 1.41 bits per heavy atom. The standard InChI is InChI=1S/C22H34/c1-13-17-9-5-6-10-18(17)15(3)22-16(4)20-12-8-7-11-19(20)14(2)21(13)22/h14,16-22H,1,3,5-12H2,2,4H3. The van der Waals surface area contributed by atoms with Gasteiger partial charge in [0.15, 0.2) is 0 Å². The molecule has 0 amide bonds. The SMILES string of the molecule is C=C1C2CCCCC2C(=C)C2C(C)C3CCCCC3C(C)C12. The predicted octanol–water partition coefficient (Wildman–Crippen LogP) is 6.24. The zero-order valence-corrected chi connectivity index (χ0v) is 14.7. The molecule has 4 fully saturated rings. The smallest absolute Gasteiger partial charge is 0.0106 e. The second-order valence-electron chi connectivity index (χ2n) is 9.03. The van der Waals surface area contributed by atoms with Gasteiger partial charge in [-0.2, -0.15) is 0 Å². The largest absolute Gasteiger partial charge is 0.0992 e. The minimum absolute atomic E-state index is 0.751. The Balaban J connectivity index is 1.71. The van der Waals surface area contributed by atoms with Gasteiger partial charge in [0, 0.05) is 0 Å². The van der Waals surface area contributed by atoms with E-state index in [2.05, 4.69) is 13.8 Å². The van der Waals surface area contributed by atoms with Gasteiger partial charge in [0.2, 0.25) is 0 Å². The van der Waals surface area contributed by atoms with Crippen LogP contribution in [0.25, 0.3) is 0 Å². The van der Waals surface area contributed by atoms with Crippen molar-refractivity contribution in [2.45, 2.75) is 65.2 Å². The van der Waals surface area contributed by atoms with Gasteiger partial charge in [-0.15, -0.1) is 0 Å². The average Bonchev–Trinajstić information content (AvgIpc) is 2.56. The van der Waals surface area contributed by atoms with E-state index in [1.807, 2.05) is 0 Å². The van der Waals surface area contributed by atoms with Crippen molar-refractivity contribution in [2.75, 3.05) is 0 Å². The summed E-state index contributed by atoms with van der Waals surface area (Å²) in [4.78, 5) is 0. The predicted molar refractivity (Wildman–Crippen MR) is 94.5 cm³/mol. The van der Waals surface area contributed by atoms with Crippen LogP contribution in [0.5, 0.6) is 0 Å². The molecule has 0 bridgehead atoms. The number of rotatable bonds is 0. The fourth-order valence-electron chi connectivity index (χ4n) is 7.33. The molecule has 0 aliphatic heterocycles. The minimum atomic E-state index is 0.751. The van der Waals surface area contributed by atoms with E-state index in [-0.39, 0.29) is 0 Å². The molecule has 8 atom stereocenters. The molecule has 4 rings (SSSR count). The Bertz CT molecular complexity index is 428.